The van der Waals surface area contributed by atoms with Gasteiger partial charge in [-0.05, 0) is 37.6 Å². The first-order valence-electron chi connectivity index (χ1n) is 8.97. The molecule has 29 heavy (non-hydrogen) atoms. The molecule has 0 unspecified atom stereocenters. The summed E-state index contributed by atoms with van der Waals surface area (Å²) in [4.78, 5) is 0.214. The van der Waals surface area contributed by atoms with E-state index in [9.17, 15) is 8.42 Å². The molecule has 0 saturated carbocycles. The topological polar surface area (TPSA) is 80.1 Å². The molecule has 0 fully saturated rings. The lowest BCUT2D eigenvalue weighted by Crippen LogP contribution is -2.22. The number of rotatable bonds is 4. The third kappa shape index (κ3) is 3.57. The lowest BCUT2D eigenvalue weighted by Gasteiger charge is -2.21. The lowest BCUT2D eigenvalue weighted by molar-refractivity contribution is 0.521. The Balaban J connectivity index is 1.74. The van der Waals surface area contributed by atoms with Crippen molar-refractivity contribution in [2.75, 3.05) is 19.5 Å². The highest BCUT2D eigenvalue weighted by atomic mass is 32.2. The Kier molecular flexibility index (Phi) is 4.97. The van der Waals surface area contributed by atoms with E-state index < -0.39 is 10.0 Å². The summed E-state index contributed by atoms with van der Waals surface area (Å²) in [6.07, 6.45) is 0. The molecule has 1 aliphatic heterocycles. The molecule has 0 atom stereocenters. The summed E-state index contributed by atoms with van der Waals surface area (Å²) in [7, 11) is -0.508. The Bertz CT molecular complexity index is 1230. The first-order chi connectivity index (χ1) is 13.8. The van der Waals surface area contributed by atoms with Gasteiger partial charge in [0.2, 0.25) is 15.2 Å². The van der Waals surface area contributed by atoms with Crippen molar-refractivity contribution >= 4 is 27.5 Å². The SMILES string of the molecule is Cc1ccc(C)c(C2=CSc3nnc(-c4cccc(S(=O)(=O)N(C)C)c4)n3N2)c1. The number of hydrogen-bond donors (Lipinski definition) is 1. The lowest BCUT2D eigenvalue weighted by atomic mass is 10.0. The van der Waals surface area contributed by atoms with E-state index in [0.717, 1.165) is 16.8 Å². The second kappa shape index (κ2) is 7.33. The summed E-state index contributed by atoms with van der Waals surface area (Å²) in [5.74, 6) is 0.555. The molecule has 4 rings (SSSR count). The van der Waals surface area contributed by atoms with Crippen LogP contribution in [0.2, 0.25) is 0 Å². The first kappa shape index (κ1) is 19.7. The number of nitrogens with one attached hydrogen (secondary N) is 1. The van der Waals surface area contributed by atoms with E-state index in [2.05, 4.69) is 47.7 Å². The number of nitrogens with zero attached hydrogens (tertiary/aromatic N) is 4. The minimum absolute atomic E-state index is 0.214. The number of thioether (sulfide) groups is 1. The Morgan fingerprint density at radius 3 is 2.62 bits per heavy atom. The van der Waals surface area contributed by atoms with Gasteiger partial charge >= 0.3 is 0 Å². The Morgan fingerprint density at radius 1 is 1.07 bits per heavy atom. The molecule has 0 spiro atoms. The summed E-state index contributed by atoms with van der Waals surface area (Å²) in [5.41, 5.74) is 8.43. The molecular weight excluding hydrogens is 406 g/mol. The molecular formula is C20H21N5O2S2. The van der Waals surface area contributed by atoms with Crippen molar-refractivity contribution in [1.82, 2.24) is 19.2 Å². The predicted octanol–water partition coefficient (Wildman–Crippen LogP) is 3.46. The minimum atomic E-state index is -3.54. The van der Waals surface area contributed by atoms with Gasteiger partial charge in [0.15, 0.2) is 5.82 Å². The monoisotopic (exact) mass is 427 g/mol. The van der Waals surface area contributed by atoms with Crippen LogP contribution in [0.3, 0.4) is 0 Å². The quantitative estimate of drug-likeness (QED) is 0.687. The summed E-state index contributed by atoms with van der Waals surface area (Å²) >= 11 is 1.47. The molecule has 0 aliphatic carbocycles. The van der Waals surface area contributed by atoms with Crippen LogP contribution in [0.1, 0.15) is 16.7 Å². The van der Waals surface area contributed by atoms with Crippen LogP contribution in [0.4, 0.5) is 0 Å². The summed E-state index contributed by atoms with van der Waals surface area (Å²) < 4.78 is 28.0. The van der Waals surface area contributed by atoms with Gasteiger partial charge in [-0.15, -0.1) is 10.2 Å². The van der Waals surface area contributed by atoms with Crippen molar-refractivity contribution < 1.29 is 8.42 Å². The molecule has 0 amide bonds. The number of aromatic nitrogens is 3. The van der Waals surface area contributed by atoms with E-state index in [0.29, 0.717) is 16.5 Å². The number of benzene rings is 2. The maximum Gasteiger partial charge on any atom is 0.242 e. The van der Waals surface area contributed by atoms with Gasteiger partial charge < -0.3 is 0 Å². The van der Waals surface area contributed by atoms with Gasteiger partial charge in [0.05, 0.1) is 10.6 Å². The Labute approximate surface area is 174 Å². The van der Waals surface area contributed by atoms with Crippen LogP contribution in [0.25, 0.3) is 17.1 Å². The number of aryl methyl sites for hydroxylation is 2. The van der Waals surface area contributed by atoms with E-state index in [1.165, 1.54) is 35.7 Å². The van der Waals surface area contributed by atoms with Crippen LogP contribution in [0.15, 0.2) is 57.9 Å². The molecule has 2 heterocycles. The predicted molar refractivity (Wildman–Crippen MR) is 115 cm³/mol. The van der Waals surface area contributed by atoms with E-state index in [1.54, 1.807) is 22.9 Å². The van der Waals surface area contributed by atoms with Crippen molar-refractivity contribution in [3.63, 3.8) is 0 Å². The van der Waals surface area contributed by atoms with Crippen LogP contribution >= 0.6 is 11.8 Å². The van der Waals surface area contributed by atoms with Gasteiger partial charge in [0.1, 0.15) is 0 Å². The highest BCUT2D eigenvalue weighted by molar-refractivity contribution is 8.02. The fourth-order valence-electron chi connectivity index (χ4n) is 3.05. The molecule has 3 aromatic rings. The van der Waals surface area contributed by atoms with Crippen LogP contribution in [0.5, 0.6) is 0 Å². The molecule has 9 heteroatoms. The van der Waals surface area contributed by atoms with Crippen LogP contribution < -0.4 is 5.43 Å². The Hall–Kier alpha value is -2.62. The Morgan fingerprint density at radius 2 is 1.86 bits per heavy atom. The van der Waals surface area contributed by atoms with Crippen LogP contribution in [-0.2, 0) is 10.0 Å². The molecule has 7 nitrogen and oxygen atoms in total. The number of sulfonamides is 1. The first-order valence-corrected chi connectivity index (χ1v) is 11.3. The molecule has 0 radical (unpaired) electrons. The van der Waals surface area contributed by atoms with Gasteiger partial charge in [-0.25, -0.2) is 17.4 Å². The third-order valence-corrected chi connectivity index (χ3v) is 7.34. The highest BCUT2D eigenvalue weighted by Crippen LogP contribution is 2.33. The third-order valence-electron chi connectivity index (χ3n) is 4.70. The zero-order valence-electron chi connectivity index (χ0n) is 16.5. The van der Waals surface area contributed by atoms with Gasteiger partial charge in [0, 0.05) is 30.6 Å². The molecule has 2 aromatic carbocycles. The van der Waals surface area contributed by atoms with E-state index >= 15 is 0 Å². The molecule has 1 aromatic heterocycles. The largest absolute Gasteiger partial charge is 0.289 e. The number of hydrogen-bond acceptors (Lipinski definition) is 6. The van der Waals surface area contributed by atoms with Gasteiger partial charge in [-0.1, -0.05) is 41.6 Å². The van der Waals surface area contributed by atoms with Crippen molar-refractivity contribution in [3.8, 4) is 11.4 Å². The van der Waals surface area contributed by atoms with Crippen molar-refractivity contribution in [2.45, 2.75) is 23.9 Å². The molecule has 1 aliphatic rings. The standard InChI is InChI=1S/C20H21N5O2S2/c1-13-8-9-14(2)17(10-13)18-12-28-20-22-21-19(25(20)23-18)15-6-5-7-16(11-15)29(26,27)24(3)4/h5-12,23H,1-4H3. The van der Waals surface area contributed by atoms with Gasteiger partial charge in [-0.2, -0.15) is 0 Å². The van der Waals surface area contributed by atoms with Gasteiger partial charge in [0.25, 0.3) is 0 Å². The summed E-state index contributed by atoms with van der Waals surface area (Å²) in [6.45, 7) is 4.13. The molecule has 0 bridgehead atoms. The zero-order chi connectivity index (χ0) is 20.8. The minimum Gasteiger partial charge on any atom is -0.289 e. The second-order valence-electron chi connectivity index (χ2n) is 7.04. The molecule has 0 saturated heterocycles. The fourth-order valence-corrected chi connectivity index (χ4v) is 4.73. The second-order valence-corrected chi connectivity index (χ2v) is 10.0. The maximum absolute atomic E-state index is 12.5. The zero-order valence-corrected chi connectivity index (χ0v) is 18.2. The highest BCUT2D eigenvalue weighted by Gasteiger charge is 2.23. The average Bonchev–Trinajstić information content (AvgIpc) is 3.13. The van der Waals surface area contributed by atoms with Crippen molar-refractivity contribution in [3.05, 3.63) is 64.6 Å². The van der Waals surface area contributed by atoms with E-state index in [4.69, 9.17) is 0 Å². The van der Waals surface area contributed by atoms with Crippen molar-refractivity contribution in [1.29, 1.82) is 0 Å². The van der Waals surface area contributed by atoms with Gasteiger partial charge in [-0.3, -0.25) is 5.43 Å². The molecule has 1 N–H and O–H groups in total. The van der Waals surface area contributed by atoms with Crippen molar-refractivity contribution in [2.24, 2.45) is 0 Å². The summed E-state index contributed by atoms with van der Waals surface area (Å²) in [6, 6.07) is 13.1. The normalized spacial score (nSPS) is 13.8. The smallest absolute Gasteiger partial charge is 0.242 e. The maximum atomic E-state index is 12.5. The van der Waals surface area contributed by atoms with Crippen LogP contribution in [-0.4, -0.2) is 41.7 Å². The average molecular weight is 428 g/mol. The van der Waals surface area contributed by atoms with E-state index in [1.807, 2.05) is 11.5 Å². The number of fused-ring (bicyclic) bond motifs is 1. The van der Waals surface area contributed by atoms with E-state index in [-0.39, 0.29) is 4.90 Å². The van der Waals surface area contributed by atoms with Crippen LogP contribution in [0, 0.1) is 13.8 Å². The fraction of sp³-hybridized carbons (Fsp3) is 0.200. The summed E-state index contributed by atoms with van der Waals surface area (Å²) in [5, 5.41) is 11.2. The molecule has 150 valence electrons.